The summed E-state index contributed by atoms with van der Waals surface area (Å²) in [5, 5.41) is 4.15. The summed E-state index contributed by atoms with van der Waals surface area (Å²) < 4.78 is 20.4. The van der Waals surface area contributed by atoms with Gasteiger partial charge in [0.1, 0.15) is 5.82 Å². The van der Waals surface area contributed by atoms with Crippen LogP contribution in [0.1, 0.15) is 55.7 Å². The molecule has 2 heterocycles. The summed E-state index contributed by atoms with van der Waals surface area (Å²) in [6.45, 7) is 5.75. The first-order valence-corrected chi connectivity index (χ1v) is 8.48. The summed E-state index contributed by atoms with van der Waals surface area (Å²) in [6.07, 6.45) is 2.13. The molecule has 1 saturated heterocycles. The van der Waals surface area contributed by atoms with Crippen molar-refractivity contribution in [3.05, 3.63) is 51.6 Å². The highest BCUT2D eigenvalue weighted by molar-refractivity contribution is 9.10. The molecule has 0 bridgehead atoms. The summed E-state index contributed by atoms with van der Waals surface area (Å²) in [5.74, 6) is 1.10. The number of benzene rings is 1. The molecule has 5 heteroatoms. The van der Waals surface area contributed by atoms with Crippen molar-refractivity contribution in [2.75, 3.05) is 6.54 Å². The van der Waals surface area contributed by atoms with Crippen LogP contribution < -0.4 is 0 Å². The lowest BCUT2D eigenvalue weighted by atomic mass is 10.1. The van der Waals surface area contributed by atoms with E-state index in [2.05, 4.69) is 39.8 Å². The quantitative estimate of drug-likeness (QED) is 0.759. The van der Waals surface area contributed by atoms with Crippen molar-refractivity contribution in [2.45, 2.75) is 45.2 Å². The number of rotatable bonds is 4. The molecule has 0 N–H and O–H groups in total. The Balaban J connectivity index is 1.79. The molecule has 1 aromatic heterocycles. The zero-order valence-corrected chi connectivity index (χ0v) is 14.4. The molecule has 3 nitrogen and oxygen atoms in total. The zero-order valence-electron chi connectivity index (χ0n) is 12.9. The molecular weight excluding hydrogens is 347 g/mol. The highest BCUT2D eigenvalue weighted by Crippen LogP contribution is 2.34. The Hall–Kier alpha value is -1.20. The number of hydrogen-bond donors (Lipinski definition) is 0. The molecule has 22 heavy (non-hydrogen) atoms. The van der Waals surface area contributed by atoms with Crippen LogP contribution in [-0.4, -0.2) is 16.6 Å². The first-order valence-electron chi connectivity index (χ1n) is 7.69. The van der Waals surface area contributed by atoms with Crippen LogP contribution in [0.15, 0.2) is 33.3 Å². The Labute approximate surface area is 138 Å². The lowest BCUT2D eigenvalue weighted by Crippen LogP contribution is -2.23. The van der Waals surface area contributed by atoms with Crippen molar-refractivity contribution in [3.8, 4) is 0 Å². The van der Waals surface area contributed by atoms with Crippen molar-refractivity contribution in [3.63, 3.8) is 0 Å². The monoisotopic (exact) mass is 366 g/mol. The molecule has 0 radical (unpaired) electrons. The predicted octanol–water partition coefficient (Wildman–Crippen LogP) is 5.04. The van der Waals surface area contributed by atoms with Gasteiger partial charge in [0.2, 0.25) is 0 Å². The van der Waals surface area contributed by atoms with Gasteiger partial charge in [0.05, 0.1) is 11.7 Å². The van der Waals surface area contributed by atoms with Gasteiger partial charge in [0.25, 0.3) is 0 Å². The van der Waals surface area contributed by atoms with E-state index < -0.39 is 0 Å². The maximum absolute atomic E-state index is 14.0. The first-order chi connectivity index (χ1) is 10.5. The Morgan fingerprint density at radius 1 is 1.41 bits per heavy atom. The molecule has 0 aliphatic carbocycles. The van der Waals surface area contributed by atoms with Crippen LogP contribution in [0, 0.1) is 5.82 Å². The molecule has 118 valence electrons. The molecular formula is C17H20BrFN2O. The Morgan fingerprint density at radius 2 is 2.23 bits per heavy atom. The van der Waals surface area contributed by atoms with Crippen LogP contribution >= 0.6 is 15.9 Å². The third-order valence-corrected chi connectivity index (χ3v) is 4.70. The smallest absolute Gasteiger partial charge is 0.154 e. The third kappa shape index (κ3) is 3.25. The molecule has 1 aliphatic rings. The lowest BCUT2D eigenvalue weighted by molar-refractivity contribution is 0.204. The maximum atomic E-state index is 14.0. The van der Waals surface area contributed by atoms with E-state index in [1.54, 1.807) is 6.07 Å². The maximum Gasteiger partial charge on any atom is 0.154 e. The van der Waals surface area contributed by atoms with E-state index in [9.17, 15) is 4.39 Å². The van der Waals surface area contributed by atoms with Crippen molar-refractivity contribution in [1.29, 1.82) is 0 Å². The molecule has 3 rings (SSSR count). The Kier molecular flexibility index (Phi) is 4.64. The molecule has 0 spiro atoms. The molecule has 0 unspecified atom stereocenters. The van der Waals surface area contributed by atoms with Crippen LogP contribution in [0.5, 0.6) is 0 Å². The van der Waals surface area contributed by atoms with Crippen molar-refractivity contribution < 1.29 is 8.91 Å². The molecule has 1 aromatic carbocycles. The normalized spacial score (nSPS) is 19.2. The standard InChI is InChI=1S/C17H20BrFN2O/c1-11(2)15-9-17(22-20-15)16-4-3-7-21(16)10-12-8-13(18)5-6-14(12)19/h5-6,8-9,11,16H,3-4,7,10H2,1-2H3/t16-/m1/s1. The number of halogens is 2. The Bertz CT molecular complexity index is 656. The third-order valence-electron chi connectivity index (χ3n) is 4.21. The largest absolute Gasteiger partial charge is 0.359 e. The van der Waals surface area contributed by atoms with Crippen molar-refractivity contribution in [1.82, 2.24) is 10.1 Å². The van der Waals surface area contributed by atoms with Gasteiger partial charge in [-0.3, -0.25) is 4.90 Å². The van der Waals surface area contributed by atoms with Crippen LogP contribution in [0.25, 0.3) is 0 Å². The number of hydrogen-bond acceptors (Lipinski definition) is 3. The summed E-state index contributed by atoms with van der Waals surface area (Å²) in [4.78, 5) is 2.27. The SMILES string of the molecule is CC(C)c1cc([C@H]2CCCN2Cc2cc(Br)ccc2F)on1. The van der Waals surface area contributed by atoms with E-state index in [1.807, 2.05) is 12.1 Å². The van der Waals surface area contributed by atoms with Gasteiger partial charge >= 0.3 is 0 Å². The molecule has 1 atom stereocenters. The number of aromatic nitrogens is 1. The minimum atomic E-state index is -0.158. The fraction of sp³-hybridized carbons (Fsp3) is 0.471. The van der Waals surface area contributed by atoms with Gasteiger partial charge in [0, 0.05) is 22.6 Å². The highest BCUT2D eigenvalue weighted by atomic mass is 79.9. The van der Waals surface area contributed by atoms with E-state index in [0.717, 1.165) is 35.3 Å². The highest BCUT2D eigenvalue weighted by Gasteiger charge is 2.30. The van der Waals surface area contributed by atoms with Crippen molar-refractivity contribution in [2.24, 2.45) is 0 Å². The van der Waals surface area contributed by atoms with Gasteiger partial charge < -0.3 is 4.52 Å². The van der Waals surface area contributed by atoms with E-state index in [0.29, 0.717) is 18.0 Å². The zero-order chi connectivity index (χ0) is 15.7. The summed E-state index contributed by atoms with van der Waals surface area (Å²) in [6, 6.07) is 7.33. The van der Waals surface area contributed by atoms with Crippen LogP contribution in [-0.2, 0) is 6.54 Å². The van der Waals surface area contributed by atoms with Gasteiger partial charge in [-0.2, -0.15) is 0 Å². The average molecular weight is 367 g/mol. The average Bonchev–Trinajstić information content (AvgIpc) is 3.11. The first kappa shape index (κ1) is 15.7. The fourth-order valence-corrected chi connectivity index (χ4v) is 3.36. The van der Waals surface area contributed by atoms with E-state index >= 15 is 0 Å². The second kappa shape index (κ2) is 6.50. The predicted molar refractivity (Wildman–Crippen MR) is 87.1 cm³/mol. The number of nitrogens with zero attached hydrogens (tertiary/aromatic N) is 2. The summed E-state index contributed by atoms with van der Waals surface area (Å²) >= 11 is 3.41. The van der Waals surface area contributed by atoms with Crippen LogP contribution in [0.2, 0.25) is 0 Å². The molecule has 1 fully saturated rings. The van der Waals surface area contributed by atoms with Crippen molar-refractivity contribution >= 4 is 15.9 Å². The second-order valence-electron chi connectivity index (χ2n) is 6.17. The van der Waals surface area contributed by atoms with Gasteiger partial charge in [-0.15, -0.1) is 0 Å². The van der Waals surface area contributed by atoms with E-state index in [-0.39, 0.29) is 11.9 Å². The Morgan fingerprint density at radius 3 is 2.95 bits per heavy atom. The summed E-state index contributed by atoms with van der Waals surface area (Å²) in [7, 11) is 0. The second-order valence-corrected chi connectivity index (χ2v) is 7.09. The van der Waals surface area contributed by atoms with Crippen LogP contribution in [0.4, 0.5) is 4.39 Å². The van der Waals surface area contributed by atoms with E-state index in [4.69, 9.17) is 4.52 Å². The number of likely N-dealkylation sites (tertiary alicyclic amines) is 1. The van der Waals surface area contributed by atoms with Gasteiger partial charge in [-0.05, 0) is 43.5 Å². The fourth-order valence-electron chi connectivity index (χ4n) is 2.95. The van der Waals surface area contributed by atoms with E-state index in [1.165, 1.54) is 6.07 Å². The molecule has 2 aromatic rings. The van der Waals surface area contributed by atoms with Gasteiger partial charge in [0.15, 0.2) is 5.76 Å². The minimum Gasteiger partial charge on any atom is -0.359 e. The van der Waals surface area contributed by atoms with Gasteiger partial charge in [-0.1, -0.05) is 34.9 Å². The lowest BCUT2D eigenvalue weighted by Gasteiger charge is -2.22. The topological polar surface area (TPSA) is 29.3 Å². The van der Waals surface area contributed by atoms with Gasteiger partial charge in [-0.25, -0.2) is 4.39 Å². The molecule has 0 saturated carbocycles. The summed E-state index contributed by atoms with van der Waals surface area (Å²) in [5.41, 5.74) is 1.69. The molecule has 1 aliphatic heterocycles. The van der Waals surface area contributed by atoms with Crippen LogP contribution in [0.3, 0.4) is 0 Å². The molecule has 0 amide bonds. The minimum absolute atomic E-state index is 0.158.